The van der Waals surface area contributed by atoms with E-state index in [0.717, 1.165) is 22.0 Å². The van der Waals surface area contributed by atoms with Gasteiger partial charge < -0.3 is 4.74 Å². The fraction of sp³-hybridized carbons (Fsp3) is 0.250. The van der Waals surface area contributed by atoms with E-state index in [4.69, 9.17) is 4.74 Å². The lowest BCUT2D eigenvalue weighted by atomic mass is 10.0. The Hall–Kier alpha value is -2.16. The number of aryl methyl sites for hydroxylation is 1. The molecule has 0 saturated carbocycles. The molecular formula is C16H17NO2. The van der Waals surface area contributed by atoms with Crippen molar-refractivity contribution < 1.29 is 9.53 Å². The van der Waals surface area contributed by atoms with Crippen molar-refractivity contribution in [3.05, 3.63) is 47.7 Å². The molecule has 0 fully saturated rings. The highest BCUT2D eigenvalue weighted by Crippen LogP contribution is 2.20. The molecule has 1 aromatic carbocycles. The Bertz CT molecular complexity index is 617. The van der Waals surface area contributed by atoms with E-state index in [1.54, 1.807) is 13.1 Å². The Morgan fingerprint density at radius 2 is 2.21 bits per heavy atom. The molecule has 0 aliphatic heterocycles. The molecule has 0 radical (unpaired) electrons. The highest BCUT2D eigenvalue weighted by Gasteiger charge is 2.02. The lowest BCUT2D eigenvalue weighted by Crippen LogP contribution is -2.01. The molecule has 3 nitrogen and oxygen atoms in total. The Balaban J connectivity index is 2.19. The number of carbonyl (C=O) groups is 1. The van der Waals surface area contributed by atoms with Gasteiger partial charge in [-0.25, -0.2) is 0 Å². The second-order valence-electron chi connectivity index (χ2n) is 4.27. The van der Waals surface area contributed by atoms with Crippen LogP contribution in [0, 0.1) is 6.92 Å². The monoisotopic (exact) mass is 255 g/mol. The van der Waals surface area contributed by atoms with Crippen LogP contribution in [0.4, 0.5) is 0 Å². The lowest BCUT2D eigenvalue weighted by Gasteiger charge is -2.04. The first kappa shape index (κ1) is 13.3. The second-order valence-corrected chi connectivity index (χ2v) is 4.27. The lowest BCUT2D eigenvalue weighted by molar-refractivity contribution is -0.142. The van der Waals surface area contributed by atoms with E-state index in [0.29, 0.717) is 13.0 Å². The van der Waals surface area contributed by atoms with Crippen LogP contribution in [-0.2, 0) is 9.53 Å². The summed E-state index contributed by atoms with van der Waals surface area (Å²) in [6.07, 6.45) is 5.87. The van der Waals surface area contributed by atoms with Crippen molar-refractivity contribution in [3.8, 4) is 0 Å². The van der Waals surface area contributed by atoms with Crippen LogP contribution in [0.2, 0.25) is 0 Å². The normalized spacial score (nSPS) is 11.1. The van der Waals surface area contributed by atoms with Crippen molar-refractivity contribution in [2.75, 3.05) is 6.61 Å². The van der Waals surface area contributed by atoms with Gasteiger partial charge in [-0.05, 0) is 31.0 Å². The van der Waals surface area contributed by atoms with Crippen molar-refractivity contribution in [1.82, 2.24) is 4.98 Å². The Morgan fingerprint density at radius 1 is 1.37 bits per heavy atom. The van der Waals surface area contributed by atoms with Gasteiger partial charge in [-0.3, -0.25) is 9.78 Å². The van der Waals surface area contributed by atoms with Gasteiger partial charge in [0.25, 0.3) is 0 Å². The molecule has 0 aliphatic carbocycles. The zero-order valence-corrected chi connectivity index (χ0v) is 11.2. The largest absolute Gasteiger partial charge is 0.466 e. The predicted molar refractivity (Wildman–Crippen MR) is 76.8 cm³/mol. The summed E-state index contributed by atoms with van der Waals surface area (Å²) in [6.45, 7) is 4.27. The van der Waals surface area contributed by atoms with E-state index in [-0.39, 0.29) is 5.97 Å². The molecular weight excluding hydrogens is 238 g/mol. The third kappa shape index (κ3) is 3.19. The molecule has 0 N–H and O–H groups in total. The number of pyridine rings is 1. The number of benzene rings is 1. The first-order valence-electron chi connectivity index (χ1n) is 6.39. The first-order chi connectivity index (χ1) is 9.22. The smallest absolute Gasteiger partial charge is 0.309 e. The third-order valence-corrected chi connectivity index (χ3v) is 2.96. The van der Waals surface area contributed by atoms with Crippen molar-refractivity contribution in [2.24, 2.45) is 0 Å². The molecule has 98 valence electrons. The number of fused-ring (bicyclic) bond motifs is 1. The highest BCUT2D eigenvalue weighted by atomic mass is 16.5. The predicted octanol–water partition coefficient (Wildman–Crippen LogP) is 3.51. The van der Waals surface area contributed by atoms with E-state index < -0.39 is 0 Å². The summed E-state index contributed by atoms with van der Waals surface area (Å²) < 4.78 is 4.88. The topological polar surface area (TPSA) is 39.2 Å². The molecule has 3 heteroatoms. The minimum absolute atomic E-state index is 0.199. The van der Waals surface area contributed by atoms with Crippen LogP contribution in [-0.4, -0.2) is 17.6 Å². The van der Waals surface area contributed by atoms with Gasteiger partial charge in [-0.2, -0.15) is 0 Å². The standard InChI is InChI=1S/C16H17NO2/c1-3-19-15(18)8-4-6-13-9-10-14-7-5-11-17-16(14)12(13)2/h4-7,9-11H,3,8H2,1-2H3. The minimum Gasteiger partial charge on any atom is -0.466 e. The molecule has 0 atom stereocenters. The van der Waals surface area contributed by atoms with Crippen LogP contribution in [0.5, 0.6) is 0 Å². The van der Waals surface area contributed by atoms with E-state index in [1.807, 2.05) is 43.3 Å². The zero-order valence-electron chi connectivity index (χ0n) is 11.2. The molecule has 2 rings (SSSR count). The van der Waals surface area contributed by atoms with Crippen molar-refractivity contribution >= 4 is 22.9 Å². The molecule has 0 unspecified atom stereocenters. The van der Waals surface area contributed by atoms with Crippen LogP contribution in [0.3, 0.4) is 0 Å². The SMILES string of the molecule is CCOC(=O)CC=Cc1ccc2cccnc2c1C. The number of carbonyl (C=O) groups excluding carboxylic acids is 1. The number of aromatic nitrogens is 1. The Kier molecular flexibility index (Phi) is 4.29. The maximum atomic E-state index is 11.2. The average Bonchev–Trinajstić information content (AvgIpc) is 2.42. The molecule has 0 aliphatic rings. The molecule has 1 heterocycles. The number of rotatable bonds is 4. The van der Waals surface area contributed by atoms with Crippen LogP contribution >= 0.6 is 0 Å². The molecule has 0 saturated heterocycles. The molecule has 1 aromatic heterocycles. The highest BCUT2D eigenvalue weighted by molar-refractivity contribution is 5.85. The fourth-order valence-corrected chi connectivity index (χ4v) is 1.99. The van der Waals surface area contributed by atoms with Gasteiger partial charge in [0.2, 0.25) is 0 Å². The summed E-state index contributed by atoms with van der Waals surface area (Å²) >= 11 is 0. The van der Waals surface area contributed by atoms with Gasteiger partial charge in [-0.15, -0.1) is 0 Å². The van der Waals surface area contributed by atoms with Crippen molar-refractivity contribution in [1.29, 1.82) is 0 Å². The van der Waals surface area contributed by atoms with Crippen LogP contribution in [0.1, 0.15) is 24.5 Å². The van der Waals surface area contributed by atoms with Gasteiger partial charge in [0.05, 0.1) is 18.5 Å². The fourth-order valence-electron chi connectivity index (χ4n) is 1.99. The van der Waals surface area contributed by atoms with E-state index in [9.17, 15) is 4.79 Å². The summed E-state index contributed by atoms with van der Waals surface area (Å²) in [5, 5.41) is 1.13. The molecule has 2 aromatic rings. The number of hydrogen-bond acceptors (Lipinski definition) is 3. The van der Waals surface area contributed by atoms with Gasteiger partial charge in [0.1, 0.15) is 0 Å². The maximum Gasteiger partial charge on any atom is 0.309 e. The summed E-state index contributed by atoms with van der Waals surface area (Å²) in [6, 6.07) is 8.06. The number of hydrogen-bond donors (Lipinski definition) is 0. The maximum absolute atomic E-state index is 11.2. The summed E-state index contributed by atoms with van der Waals surface area (Å²) in [5.74, 6) is -0.199. The van der Waals surface area contributed by atoms with Crippen molar-refractivity contribution in [3.63, 3.8) is 0 Å². The average molecular weight is 255 g/mol. The third-order valence-electron chi connectivity index (χ3n) is 2.96. The van der Waals surface area contributed by atoms with Crippen molar-refractivity contribution in [2.45, 2.75) is 20.3 Å². The van der Waals surface area contributed by atoms with E-state index in [2.05, 4.69) is 4.98 Å². The summed E-state index contributed by atoms with van der Waals surface area (Å²) in [5.41, 5.74) is 3.20. The molecule has 0 spiro atoms. The van der Waals surface area contributed by atoms with E-state index >= 15 is 0 Å². The van der Waals surface area contributed by atoms with Crippen LogP contribution in [0.25, 0.3) is 17.0 Å². The van der Waals surface area contributed by atoms with Crippen LogP contribution < -0.4 is 0 Å². The molecule has 19 heavy (non-hydrogen) atoms. The minimum atomic E-state index is -0.199. The zero-order chi connectivity index (χ0) is 13.7. The van der Waals surface area contributed by atoms with E-state index in [1.165, 1.54) is 0 Å². The summed E-state index contributed by atoms with van der Waals surface area (Å²) in [4.78, 5) is 15.6. The van der Waals surface area contributed by atoms with Crippen LogP contribution in [0.15, 0.2) is 36.5 Å². The number of esters is 1. The quantitative estimate of drug-likeness (QED) is 0.785. The molecule has 0 amide bonds. The first-order valence-corrected chi connectivity index (χ1v) is 6.39. The number of nitrogens with zero attached hydrogens (tertiary/aromatic N) is 1. The molecule has 0 bridgehead atoms. The Morgan fingerprint density at radius 3 is 3.00 bits per heavy atom. The van der Waals surface area contributed by atoms with Gasteiger partial charge >= 0.3 is 5.97 Å². The van der Waals surface area contributed by atoms with Gasteiger partial charge in [0, 0.05) is 11.6 Å². The number of ether oxygens (including phenoxy) is 1. The van der Waals surface area contributed by atoms with Gasteiger partial charge in [0.15, 0.2) is 0 Å². The second kappa shape index (κ2) is 6.14. The van der Waals surface area contributed by atoms with Gasteiger partial charge in [-0.1, -0.05) is 30.4 Å². The summed E-state index contributed by atoms with van der Waals surface area (Å²) in [7, 11) is 0. The Labute approximate surface area is 112 Å².